The van der Waals surface area contributed by atoms with Crippen molar-refractivity contribution in [3.05, 3.63) is 41.3 Å². The van der Waals surface area contributed by atoms with Crippen LogP contribution in [0, 0.1) is 29.3 Å². The van der Waals surface area contributed by atoms with Crippen LogP contribution in [0.3, 0.4) is 0 Å². The van der Waals surface area contributed by atoms with E-state index in [0.717, 1.165) is 25.3 Å². The molecule has 1 aromatic carbocycles. The predicted octanol–water partition coefficient (Wildman–Crippen LogP) is 3.45. The number of hydrogen-bond donors (Lipinski definition) is 2. The normalized spacial score (nSPS) is 26.2. The summed E-state index contributed by atoms with van der Waals surface area (Å²) in [4.78, 5) is 26.7. The molecule has 10 heteroatoms. The van der Waals surface area contributed by atoms with E-state index in [4.69, 9.17) is 4.52 Å². The second kappa shape index (κ2) is 8.93. The molecule has 172 valence electrons. The van der Waals surface area contributed by atoms with Gasteiger partial charge in [-0.3, -0.25) is 14.5 Å². The number of carbonyl (C=O) groups excluding carboxylic acids is 1. The first-order valence-electron chi connectivity index (χ1n) is 10.6. The Balaban J connectivity index is 1.46. The summed E-state index contributed by atoms with van der Waals surface area (Å²) in [6, 6.07) is 1.77. The number of aliphatic carboxylic acids is 1. The van der Waals surface area contributed by atoms with Gasteiger partial charge in [0.05, 0.1) is 11.5 Å². The molecular formula is C22H24F3N3O4. The van der Waals surface area contributed by atoms with Crippen molar-refractivity contribution < 1.29 is 32.4 Å². The third kappa shape index (κ3) is 4.36. The van der Waals surface area contributed by atoms with Crippen LogP contribution in [0.15, 0.2) is 22.7 Å². The van der Waals surface area contributed by atoms with Gasteiger partial charge in [0.1, 0.15) is 17.5 Å². The van der Waals surface area contributed by atoms with Crippen molar-refractivity contribution in [3.63, 3.8) is 0 Å². The van der Waals surface area contributed by atoms with E-state index in [0.29, 0.717) is 43.6 Å². The summed E-state index contributed by atoms with van der Waals surface area (Å²) in [5.41, 5.74) is -0.889. The molecule has 0 spiro atoms. The summed E-state index contributed by atoms with van der Waals surface area (Å²) < 4.78 is 46.0. The fraction of sp³-hybridized carbons (Fsp3) is 0.500. The Kier molecular flexibility index (Phi) is 6.23. The van der Waals surface area contributed by atoms with Crippen LogP contribution in [0.2, 0.25) is 0 Å². The molecule has 7 nitrogen and oxygen atoms in total. The van der Waals surface area contributed by atoms with Gasteiger partial charge in [-0.1, -0.05) is 18.5 Å². The Labute approximate surface area is 182 Å². The van der Waals surface area contributed by atoms with Gasteiger partial charge in [-0.15, -0.1) is 0 Å². The molecular weight excluding hydrogens is 427 g/mol. The van der Waals surface area contributed by atoms with E-state index >= 15 is 0 Å². The van der Waals surface area contributed by atoms with Gasteiger partial charge in [0.15, 0.2) is 11.5 Å². The van der Waals surface area contributed by atoms with Crippen molar-refractivity contribution >= 4 is 11.9 Å². The Bertz CT molecular complexity index is 1000. The number of rotatable bonds is 5. The Morgan fingerprint density at radius 2 is 1.88 bits per heavy atom. The molecule has 0 radical (unpaired) electrons. The monoisotopic (exact) mass is 451 g/mol. The van der Waals surface area contributed by atoms with Crippen LogP contribution in [-0.4, -0.2) is 52.2 Å². The number of carboxylic acid groups (broad SMARTS) is 1. The zero-order valence-electron chi connectivity index (χ0n) is 17.5. The number of piperidine rings is 1. The zero-order chi connectivity index (χ0) is 23.0. The van der Waals surface area contributed by atoms with Crippen LogP contribution < -0.4 is 5.32 Å². The standard InChI is InChI=1S/C22H24F3N3O4/c1-11-3-2-4-18(11)28-6-5-16(13(10-28)22(30)31)26-21(29)17-9-19(32-27-17)20-14(24)7-12(23)8-15(20)25/h7-9,11,13,16,18H,2-6,10H2,1H3,(H,26,29)(H,30,31)/t11-,13-,16-,18-/m0/s1. The number of nitrogens with zero attached hydrogens (tertiary/aromatic N) is 2. The summed E-state index contributed by atoms with van der Waals surface area (Å²) >= 11 is 0. The van der Waals surface area contributed by atoms with Gasteiger partial charge in [-0.25, -0.2) is 13.2 Å². The number of nitrogens with one attached hydrogen (secondary N) is 1. The third-order valence-electron chi connectivity index (χ3n) is 6.56. The molecule has 2 aliphatic rings. The van der Waals surface area contributed by atoms with Crippen molar-refractivity contribution in [2.75, 3.05) is 13.1 Å². The highest BCUT2D eigenvalue weighted by Crippen LogP contribution is 2.33. The number of amides is 1. The van der Waals surface area contributed by atoms with Crippen LogP contribution >= 0.6 is 0 Å². The first-order chi connectivity index (χ1) is 15.2. The van der Waals surface area contributed by atoms with Crippen molar-refractivity contribution in [2.45, 2.75) is 44.7 Å². The highest BCUT2D eigenvalue weighted by molar-refractivity contribution is 5.93. The molecule has 0 unspecified atom stereocenters. The number of benzene rings is 1. The molecule has 1 saturated carbocycles. The number of carbonyl (C=O) groups is 2. The molecule has 2 fully saturated rings. The molecule has 32 heavy (non-hydrogen) atoms. The van der Waals surface area contributed by atoms with Crippen molar-refractivity contribution in [2.24, 2.45) is 11.8 Å². The second-order valence-electron chi connectivity index (χ2n) is 8.60. The third-order valence-corrected chi connectivity index (χ3v) is 6.56. The number of halogens is 3. The SMILES string of the molecule is C[C@H]1CCC[C@@H]1N1CC[C@H](NC(=O)c2cc(-c3c(F)cc(F)cc3F)on2)[C@@H](C(=O)O)C1. The molecule has 4 atom stereocenters. The van der Waals surface area contributed by atoms with Gasteiger partial charge >= 0.3 is 5.97 Å². The van der Waals surface area contributed by atoms with E-state index in [2.05, 4.69) is 22.3 Å². The van der Waals surface area contributed by atoms with Gasteiger partial charge in [0, 0.05) is 43.4 Å². The Morgan fingerprint density at radius 1 is 1.16 bits per heavy atom. The first-order valence-corrected chi connectivity index (χ1v) is 10.6. The minimum atomic E-state index is -1.19. The van der Waals surface area contributed by atoms with Crippen LogP contribution in [0.1, 0.15) is 43.1 Å². The van der Waals surface area contributed by atoms with Crippen molar-refractivity contribution in [1.82, 2.24) is 15.4 Å². The van der Waals surface area contributed by atoms with Crippen LogP contribution in [0.25, 0.3) is 11.3 Å². The van der Waals surface area contributed by atoms with Gasteiger partial charge in [-0.05, 0) is 25.2 Å². The summed E-state index contributed by atoms with van der Waals surface area (Å²) in [5.74, 6) is -5.82. The van der Waals surface area contributed by atoms with E-state index in [-0.39, 0.29) is 11.5 Å². The highest BCUT2D eigenvalue weighted by Gasteiger charge is 2.40. The molecule has 2 aromatic rings. The number of aromatic nitrogens is 1. The number of carboxylic acids is 1. The van der Waals surface area contributed by atoms with E-state index in [1.54, 1.807) is 0 Å². The second-order valence-corrected chi connectivity index (χ2v) is 8.60. The van der Waals surface area contributed by atoms with Crippen molar-refractivity contribution in [1.29, 1.82) is 0 Å². The predicted molar refractivity (Wildman–Crippen MR) is 107 cm³/mol. The lowest BCUT2D eigenvalue weighted by Gasteiger charge is -2.41. The van der Waals surface area contributed by atoms with E-state index < -0.39 is 46.9 Å². The fourth-order valence-electron chi connectivity index (χ4n) is 4.89. The Hall–Kier alpha value is -2.88. The van der Waals surface area contributed by atoms with Crippen LogP contribution in [0.5, 0.6) is 0 Å². The molecule has 1 amide bonds. The van der Waals surface area contributed by atoms with E-state index in [1.807, 2.05) is 0 Å². The lowest BCUT2D eigenvalue weighted by molar-refractivity contribution is -0.145. The summed E-state index contributed by atoms with van der Waals surface area (Å²) in [5, 5.41) is 16.0. The van der Waals surface area contributed by atoms with Crippen molar-refractivity contribution in [3.8, 4) is 11.3 Å². The lowest BCUT2D eigenvalue weighted by atomic mass is 9.89. The topological polar surface area (TPSA) is 95.7 Å². The Morgan fingerprint density at radius 3 is 2.50 bits per heavy atom. The quantitative estimate of drug-likeness (QED) is 0.723. The van der Waals surface area contributed by atoms with Crippen LogP contribution in [-0.2, 0) is 4.79 Å². The minimum Gasteiger partial charge on any atom is -0.481 e. The van der Waals surface area contributed by atoms with Gasteiger partial charge in [-0.2, -0.15) is 0 Å². The number of hydrogen-bond acceptors (Lipinski definition) is 5. The maximum Gasteiger partial charge on any atom is 0.309 e. The first kappa shape index (κ1) is 22.3. The maximum atomic E-state index is 14.0. The molecule has 1 aromatic heterocycles. The average Bonchev–Trinajstić information content (AvgIpc) is 3.37. The maximum absolute atomic E-state index is 14.0. The highest BCUT2D eigenvalue weighted by atomic mass is 19.1. The van der Waals surface area contributed by atoms with Gasteiger partial charge in [0.25, 0.3) is 5.91 Å². The molecule has 1 aliphatic heterocycles. The minimum absolute atomic E-state index is 0.251. The average molecular weight is 451 g/mol. The van der Waals surface area contributed by atoms with E-state index in [1.165, 1.54) is 0 Å². The molecule has 1 saturated heterocycles. The molecule has 1 aliphatic carbocycles. The largest absolute Gasteiger partial charge is 0.481 e. The summed E-state index contributed by atoms with van der Waals surface area (Å²) in [7, 11) is 0. The molecule has 2 heterocycles. The molecule has 4 rings (SSSR count). The van der Waals surface area contributed by atoms with Crippen LogP contribution in [0.4, 0.5) is 13.2 Å². The van der Waals surface area contributed by atoms with Gasteiger partial charge in [0.2, 0.25) is 0 Å². The number of likely N-dealkylation sites (tertiary alicyclic amines) is 1. The summed E-state index contributed by atoms with van der Waals surface area (Å²) in [6.07, 6.45) is 3.76. The van der Waals surface area contributed by atoms with E-state index in [9.17, 15) is 27.9 Å². The molecule has 2 N–H and O–H groups in total. The summed E-state index contributed by atoms with van der Waals surface area (Å²) in [6.45, 7) is 3.18. The molecule has 0 bridgehead atoms. The lowest BCUT2D eigenvalue weighted by Crippen LogP contribution is -2.56. The fourth-order valence-corrected chi connectivity index (χ4v) is 4.89. The van der Waals surface area contributed by atoms with Gasteiger partial charge < -0.3 is 14.9 Å². The smallest absolute Gasteiger partial charge is 0.309 e. The zero-order valence-corrected chi connectivity index (χ0v) is 17.5.